The molecule has 2 aliphatic rings. The van der Waals surface area contributed by atoms with E-state index in [2.05, 4.69) is 5.32 Å². The topological polar surface area (TPSA) is 75.4 Å². The molecule has 1 aromatic rings. The minimum atomic E-state index is -0.368. The molecule has 2 fully saturated rings. The number of fused-ring (bicyclic) bond motifs is 1. The first-order valence-electron chi connectivity index (χ1n) is 7.55. The number of nitrogens with zero attached hydrogens (tertiary/aromatic N) is 1. The predicted octanol–water partition coefficient (Wildman–Crippen LogP) is 1.26. The first kappa shape index (κ1) is 15.4. The normalized spacial score (nSPS) is 28.5. The highest BCUT2D eigenvalue weighted by Gasteiger charge is 2.52. The minimum Gasteiger partial charge on any atom is -0.352 e. The van der Waals surface area contributed by atoms with Crippen molar-refractivity contribution in [2.75, 3.05) is 12.3 Å². The molecule has 5 nitrogen and oxygen atoms in total. The van der Waals surface area contributed by atoms with E-state index < -0.39 is 0 Å². The summed E-state index contributed by atoms with van der Waals surface area (Å²) in [6, 6.07) is 9.09. The van der Waals surface area contributed by atoms with E-state index in [0.717, 1.165) is 12.0 Å². The monoisotopic (exact) mass is 319 g/mol. The number of carbonyl (C=O) groups is 2. The van der Waals surface area contributed by atoms with Crippen LogP contribution in [0.3, 0.4) is 0 Å². The number of carbonyl (C=O) groups excluding carboxylic acids is 2. The van der Waals surface area contributed by atoms with Gasteiger partial charge in [0, 0.05) is 24.8 Å². The fraction of sp³-hybridized carbons (Fsp3) is 0.500. The van der Waals surface area contributed by atoms with Gasteiger partial charge in [-0.25, -0.2) is 0 Å². The van der Waals surface area contributed by atoms with E-state index in [9.17, 15) is 9.59 Å². The van der Waals surface area contributed by atoms with Crippen LogP contribution in [0.15, 0.2) is 30.3 Å². The Bertz CT molecular complexity index is 580. The Morgan fingerprint density at radius 1 is 1.50 bits per heavy atom. The maximum atomic E-state index is 12.4. The van der Waals surface area contributed by atoms with Crippen LogP contribution in [0.5, 0.6) is 0 Å². The van der Waals surface area contributed by atoms with Crippen LogP contribution in [-0.4, -0.2) is 39.9 Å². The molecule has 6 heteroatoms. The molecule has 0 aliphatic carbocycles. The van der Waals surface area contributed by atoms with Gasteiger partial charge in [-0.15, -0.1) is 11.8 Å². The van der Waals surface area contributed by atoms with Gasteiger partial charge in [0.25, 0.3) is 0 Å². The van der Waals surface area contributed by atoms with Gasteiger partial charge in [0.1, 0.15) is 6.04 Å². The second kappa shape index (κ2) is 5.93. The lowest BCUT2D eigenvalue weighted by Crippen LogP contribution is -2.50. The van der Waals surface area contributed by atoms with Gasteiger partial charge < -0.3 is 16.0 Å². The molecule has 2 aliphatic heterocycles. The number of amides is 2. The Hall–Kier alpha value is -1.53. The molecule has 22 heavy (non-hydrogen) atoms. The van der Waals surface area contributed by atoms with Crippen LogP contribution in [0.25, 0.3) is 0 Å². The summed E-state index contributed by atoms with van der Waals surface area (Å²) in [5.74, 6) is 0.645. The van der Waals surface area contributed by atoms with Crippen LogP contribution in [0.2, 0.25) is 0 Å². The van der Waals surface area contributed by atoms with E-state index in [1.165, 1.54) is 0 Å². The number of hydrogen-bond donors (Lipinski definition) is 2. The van der Waals surface area contributed by atoms with Crippen molar-refractivity contribution >= 4 is 23.6 Å². The van der Waals surface area contributed by atoms with Crippen LogP contribution < -0.4 is 11.1 Å². The molecule has 0 aromatic heterocycles. The summed E-state index contributed by atoms with van der Waals surface area (Å²) in [6.45, 7) is 2.42. The average Bonchev–Trinajstić information content (AvgIpc) is 3.02. The van der Waals surface area contributed by atoms with Gasteiger partial charge in [-0.1, -0.05) is 30.3 Å². The molecule has 2 amide bonds. The molecule has 3 N–H and O–H groups in total. The highest BCUT2D eigenvalue weighted by atomic mass is 32.2. The summed E-state index contributed by atoms with van der Waals surface area (Å²) in [7, 11) is 0. The van der Waals surface area contributed by atoms with Crippen LogP contribution >= 0.6 is 11.8 Å². The van der Waals surface area contributed by atoms with Crippen LogP contribution in [0.1, 0.15) is 31.4 Å². The number of hydrogen-bond acceptors (Lipinski definition) is 4. The molecule has 118 valence electrons. The number of nitrogens with one attached hydrogen (secondary N) is 1. The fourth-order valence-electron chi connectivity index (χ4n) is 3.16. The van der Waals surface area contributed by atoms with E-state index in [1.807, 2.05) is 37.3 Å². The van der Waals surface area contributed by atoms with Gasteiger partial charge in [0.2, 0.25) is 11.8 Å². The standard InChI is InChI=1S/C16H21N3O2S/c1-16-8-7-14(20)19(16)13(10-22-16)15(21)18-9-12(17)11-5-3-2-4-6-11/h2-6,12-13H,7-10,17H2,1H3,(H,18,21). The lowest BCUT2D eigenvalue weighted by Gasteiger charge is -2.30. The van der Waals surface area contributed by atoms with Crippen molar-refractivity contribution in [1.82, 2.24) is 10.2 Å². The third-order valence-corrected chi connectivity index (χ3v) is 5.98. The summed E-state index contributed by atoms with van der Waals surface area (Å²) in [6.07, 6.45) is 1.36. The van der Waals surface area contributed by atoms with Gasteiger partial charge in [-0.3, -0.25) is 9.59 Å². The Morgan fingerprint density at radius 3 is 2.95 bits per heavy atom. The van der Waals surface area contributed by atoms with Crippen LogP contribution in [0, 0.1) is 0 Å². The minimum absolute atomic E-state index is 0.0833. The van der Waals surface area contributed by atoms with Crippen molar-refractivity contribution in [2.45, 2.75) is 36.7 Å². The first-order chi connectivity index (χ1) is 10.5. The molecular weight excluding hydrogens is 298 g/mol. The third-order valence-electron chi connectivity index (χ3n) is 4.47. The number of rotatable bonds is 4. The molecule has 3 rings (SSSR count). The van der Waals surface area contributed by atoms with Crippen molar-refractivity contribution in [1.29, 1.82) is 0 Å². The maximum Gasteiger partial charge on any atom is 0.243 e. The molecule has 0 saturated carbocycles. The average molecular weight is 319 g/mol. The highest BCUT2D eigenvalue weighted by Crippen LogP contribution is 2.47. The number of benzene rings is 1. The summed E-state index contributed by atoms with van der Waals surface area (Å²) < 4.78 is 0. The van der Waals surface area contributed by atoms with Crippen LogP contribution in [0.4, 0.5) is 0 Å². The van der Waals surface area contributed by atoms with E-state index in [1.54, 1.807) is 16.7 Å². The van der Waals surface area contributed by atoms with E-state index in [4.69, 9.17) is 5.73 Å². The second-order valence-electron chi connectivity index (χ2n) is 6.03. The quantitative estimate of drug-likeness (QED) is 0.876. The fourth-order valence-corrected chi connectivity index (χ4v) is 4.59. The highest BCUT2D eigenvalue weighted by molar-refractivity contribution is 8.01. The molecule has 1 aromatic carbocycles. The van der Waals surface area contributed by atoms with Gasteiger partial charge >= 0.3 is 0 Å². The summed E-state index contributed by atoms with van der Waals surface area (Å²) >= 11 is 1.70. The first-order valence-corrected chi connectivity index (χ1v) is 8.54. The molecule has 0 bridgehead atoms. The smallest absolute Gasteiger partial charge is 0.243 e. The Kier molecular flexibility index (Phi) is 4.14. The maximum absolute atomic E-state index is 12.4. The molecule has 3 unspecified atom stereocenters. The summed E-state index contributed by atoms with van der Waals surface area (Å²) in [4.78, 5) is 26.0. The van der Waals surface area contributed by atoms with Crippen molar-refractivity contribution in [3.8, 4) is 0 Å². The zero-order valence-electron chi connectivity index (χ0n) is 12.6. The molecule has 0 spiro atoms. The van der Waals surface area contributed by atoms with E-state index >= 15 is 0 Å². The summed E-state index contributed by atoms with van der Waals surface area (Å²) in [5.41, 5.74) is 7.09. The molecule has 2 heterocycles. The van der Waals surface area contributed by atoms with Crippen molar-refractivity contribution in [3.63, 3.8) is 0 Å². The molecule has 0 radical (unpaired) electrons. The van der Waals surface area contributed by atoms with Crippen LogP contribution in [-0.2, 0) is 9.59 Å². The largest absolute Gasteiger partial charge is 0.352 e. The van der Waals surface area contributed by atoms with E-state index in [-0.39, 0.29) is 28.8 Å². The predicted molar refractivity (Wildman–Crippen MR) is 87.1 cm³/mol. The molecule has 3 atom stereocenters. The van der Waals surface area contributed by atoms with Crippen molar-refractivity contribution < 1.29 is 9.59 Å². The Labute approximate surface area is 134 Å². The Morgan fingerprint density at radius 2 is 2.23 bits per heavy atom. The molecule has 2 saturated heterocycles. The van der Waals surface area contributed by atoms with E-state index in [0.29, 0.717) is 18.7 Å². The second-order valence-corrected chi connectivity index (χ2v) is 7.53. The lowest BCUT2D eigenvalue weighted by atomic mass is 10.1. The van der Waals surface area contributed by atoms with Gasteiger partial charge in [0.05, 0.1) is 4.87 Å². The van der Waals surface area contributed by atoms with Gasteiger partial charge in [-0.2, -0.15) is 0 Å². The van der Waals surface area contributed by atoms with Crippen molar-refractivity contribution in [3.05, 3.63) is 35.9 Å². The SMILES string of the molecule is CC12CCC(=O)N1C(C(=O)NCC(N)c1ccccc1)CS2. The number of nitrogens with two attached hydrogens (primary N) is 1. The van der Waals surface area contributed by atoms with Gasteiger partial charge in [0.15, 0.2) is 0 Å². The number of thioether (sulfide) groups is 1. The third kappa shape index (κ3) is 2.73. The van der Waals surface area contributed by atoms with Crippen molar-refractivity contribution in [2.24, 2.45) is 5.73 Å². The lowest BCUT2D eigenvalue weighted by molar-refractivity contribution is -0.137. The molecular formula is C16H21N3O2S. The van der Waals surface area contributed by atoms with Gasteiger partial charge in [-0.05, 0) is 18.9 Å². The zero-order valence-corrected chi connectivity index (χ0v) is 13.4. The zero-order chi connectivity index (χ0) is 15.7. The summed E-state index contributed by atoms with van der Waals surface area (Å²) in [5, 5.41) is 2.90. The Balaban J connectivity index is 1.60.